The minimum Gasteiger partial charge on any atom is -0.465 e. The van der Waals surface area contributed by atoms with Crippen LogP contribution in [0.4, 0.5) is 9.59 Å². The molecule has 0 saturated carbocycles. The zero-order valence-electron chi connectivity index (χ0n) is 19.0. The third kappa shape index (κ3) is 3.72. The lowest BCUT2D eigenvalue weighted by molar-refractivity contribution is -0.128. The summed E-state index contributed by atoms with van der Waals surface area (Å²) in [7, 11) is 0. The Bertz CT molecular complexity index is 1090. The molecule has 2 amide bonds. The first kappa shape index (κ1) is 22.4. The van der Waals surface area contributed by atoms with E-state index in [1.54, 1.807) is 6.92 Å². The van der Waals surface area contributed by atoms with Crippen molar-refractivity contribution in [2.24, 2.45) is 11.7 Å². The molecule has 0 radical (unpaired) electrons. The number of ketones is 1. The highest BCUT2D eigenvalue weighted by Crippen LogP contribution is 2.44. The van der Waals surface area contributed by atoms with Crippen molar-refractivity contribution in [3.05, 3.63) is 59.7 Å². The summed E-state index contributed by atoms with van der Waals surface area (Å²) >= 11 is 0. The fourth-order valence-electron chi connectivity index (χ4n) is 6.12. The van der Waals surface area contributed by atoms with Crippen molar-refractivity contribution >= 4 is 18.0 Å². The zero-order valence-corrected chi connectivity index (χ0v) is 19.0. The maximum absolute atomic E-state index is 13.2. The molecule has 2 aliphatic heterocycles. The quantitative estimate of drug-likeness (QED) is 0.625. The summed E-state index contributed by atoms with van der Waals surface area (Å²) in [5.74, 6) is -0.966. The van der Waals surface area contributed by atoms with Crippen molar-refractivity contribution in [2.45, 2.75) is 56.3 Å². The summed E-state index contributed by atoms with van der Waals surface area (Å²) in [6, 6.07) is 14.3. The van der Waals surface area contributed by atoms with Gasteiger partial charge in [-0.1, -0.05) is 48.5 Å². The number of hydrogen-bond acceptors (Lipinski definition) is 5. The third-order valence-corrected chi connectivity index (χ3v) is 7.62. The molecule has 5 atom stereocenters. The van der Waals surface area contributed by atoms with Crippen molar-refractivity contribution < 1.29 is 24.2 Å². The van der Waals surface area contributed by atoms with Crippen LogP contribution in [0.2, 0.25) is 0 Å². The van der Waals surface area contributed by atoms with Gasteiger partial charge in [0.15, 0.2) is 5.78 Å². The van der Waals surface area contributed by atoms with Crippen LogP contribution in [0.3, 0.4) is 0 Å². The second kappa shape index (κ2) is 8.76. The Hall–Kier alpha value is -3.39. The number of ether oxygens (including phenoxy) is 1. The molecular formula is C26H29N3O5. The predicted molar refractivity (Wildman–Crippen MR) is 125 cm³/mol. The van der Waals surface area contributed by atoms with Gasteiger partial charge in [0.25, 0.3) is 0 Å². The van der Waals surface area contributed by atoms with Crippen LogP contribution in [-0.4, -0.2) is 58.8 Å². The standard InChI is InChI=1S/C26H29N3O5/c1-14(24(30)23-21(27)12-15-10-11-22(23)29(15)26(32)33)28-25(31)34-13-20-18-8-4-2-6-16(18)17-7-3-5-9-19(17)20/h2-9,14-15,20-23H,10-13,27H2,1H3,(H,28,31)(H,32,33)/t14-,15?,21?,22?,23?/m0/s1. The zero-order chi connectivity index (χ0) is 24.0. The van der Waals surface area contributed by atoms with E-state index in [1.807, 2.05) is 36.4 Å². The van der Waals surface area contributed by atoms with E-state index in [0.717, 1.165) is 22.3 Å². The summed E-state index contributed by atoms with van der Waals surface area (Å²) in [6.45, 7) is 1.75. The van der Waals surface area contributed by atoms with E-state index < -0.39 is 36.2 Å². The molecule has 4 N–H and O–H groups in total. The fraction of sp³-hybridized carbons (Fsp3) is 0.423. The lowest BCUT2D eigenvalue weighted by atomic mass is 9.81. The van der Waals surface area contributed by atoms with Crippen LogP contribution in [0.15, 0.2) is 48.5 Å². The predicted octanol–water partition coefficient (Wildman–Crippen LogP) is 3.34. The van der Waals surface area contributed by atoms with E-state index in [-0.39, 0.29) is 24.3 Å². The van der Waals surface area contributed by atoms with Gasteiger partial charge in [0.2, 0.25) is 0 Å². The van der Waals surface area contributed by atoms with Crippen molar-refractivity contribution in [1.29, 1.82) is 0 Å². The fourth-order valence-corrected chi connectivity index (χ4v) is 6.12. The maximum atomic E-state index is 13.2. The molecule has 8 heteroatoms. The number of benzene rings is 2. The Morgan fingerprint density at radius 3 is 2.32 bits per heavy atom. The molecule has 178 valence electrons. The average molecular weight is 464 g/mol. The van der Waals surface area contributed by atoms with Gasteiger partial charge < -0.3 is 25.8 Å². The monoisotopic (exact) mass is 463 g/mol. The van der Waals surface area contributed by atoms with E-state index >= 15 is 0 Å². The molecule has 3 aliphatic rings. The minimum atomic E-state index is -1.02. The van der Waals surface area contributed by atoms with Gasteiger partial charge in [-0.2, -0.15) is 0 Å². The SMILES string of the molecule is C[C@H](NC(=O)OCC1c2ccccc2-c2ccccc21)C(=O)C1C(N)CC2CCC1N2C(=O)O. The maximum Gasteiger partial charge on any atom is 0.407 e. The Kier molecular flexibility index (Phi) is 5.77. The molecule has 2 aromatic rings. The van der Waals surface area contributed by atoms with Crippen molar-refractivity contribution in [3.8, 4) is 11.1 Å². The van der Waals surface area contributed by atoms with Crippen LogP contribution in [0, 0.1) is 5.92 Å². The van der Waals surface area contributed by atoms with Crippen LogP contribution in [0.5, 0.6) is 0 Å². The first-order chi connectivity index (χ1) is 16.4. The Morgan fingerprint density at radius 1 is 1.09 bits per heavy atom. The molecule has 0 spiro atoms. The number of nitrogens with zero attached hydrogens (tertiary/aromatic N) is 1. The summed E-state index contributed by atoms with van der Waals surface area (Å²) in [5.41, 5.74) is 10.8. The lowest BCUT2D eigenvalue weighted by Gasteiger charge is -2.41. The van der Waals surface area contributed by atoms with Gasteiger partial charge in [-0.3, -0.25) is 4.79 Å². The average Bonchev–Trinajstić information content (AvgIpc) is 3.32. The van der Waals surface area contributed by atoms with Gasteiger partial charge in [0.1, 0.15) is 6.61 Å². The van der Waals surface area contributed by atoms with Crippen molar-refractivity contribution in [3.63, 3.8) is 0 Å². The number of piperidine rings is 1. The summed E-state index contributed by atoms with van der Waals surface area (Å²) in [6.07, 6.45) is 0.0824. The highest BCUT2D eigenvalue weighted by Gasteiger charge is 2.51. The van der Waals surface area contributed by atoms with E-state index in [9.17, 15) is 19.5 Å². The number of hydrogen-bond donors (Lipinski definition) is 3. The number of alkyl carbamates (subject to hydrolysis) is 1. The third-order valence-electron chi connectivity index (χ3n) is 7.62. The van der Waals surface area contributed by atoms with E-state index in [1.165, 1.54) is 4.90 Å². The van der Waals surface area contributed by atoms with E-state index in [0.29, 0.717) is 19.3 Å². The topological polar surface area (TPSA) is 122 Å². The number of amides is 2. The van der Waals surface area contributed by atoms with Crippen LogP contribution in [0.1, 0.15) is 43.2 Å². The molecule has 1 aliphatic carbocycles. The highest BCUT2D eigenvalue weighted by atomic mass is 16.5. The molecule has 8 nitrogen and oxygen atoms in total. The molecule has 2 aromatic carbocycles. The normalized spacial score (nSPS) is 25.9. The highest BCUT2D eigenvalue weighted by molar-refractivity contribution is 5.90. The molecule has 34 heavy (non-hydrogen) atoms. The number of carbonyl (C=O) groups excluding carboxylic acids is 2. The Balaban J connectivity index is 1.23. The summed E-state index contributed by atoms with van der Waals surface area (Å²) in [4.78, 5) is 38.9. The summed E-state index contributed by atoms with van der Waals surface area (Å²) < 4.78 is 5.56. The Labute approximate surface area is 198 Å². The number of fused-ring (bicyclic) bond motifs is 5. The minimum absolute atomic E-state index is 0.0736. The van der Waals surface area contributed by atoms with Crippen LogP contribution >= 0.6 is 0 Å². The Morgan fingerprint density at radius 2 is 1.71 bits per heavy atom. The first-order valence-corrected chi connectivity index (χ1v) is 11.8. The van der Waals surface area contributed by atoms with Gasteiger partial charge in [-0.05, 0) is 48.4 Å². The number of Topliss-reactive ketones (excluding diaryl/α,β-unsaturated/α-hetero) is 1. The van der Waals surface area contributed by atoms with Crippen LogP contribution < -0.4 is 11.1 Å². The van der Waals surface area contributed by atoms with Gasteiger partial charge in [-0.15, -0.1) is 0 Å². The summed E-state index contributed by atoms with van der Waals surface area (Å²) in [5, 5.41) is 12.2. The van der Waals surface area contributed by atoms with E-state index in [2.05, 4.69) is 17.4 Å². The number of nitrogens with one attached hydrogen (secondary N) is 1. The number of carboxylic acid groups (broad SMARTS) is 1. The van der Waals surface area contributed by atoms with Crippen LogP contribution in [0.25, 0.3) is 11.1 Å². The van der Waals surface area contributed by atoms with Gasteiger partial charge in [0, 0.05) is 24.0 Å². The molecule has 2 fully saturated rings. The largest absolute Gasteiger partial charge is 0.465 e. The van der Waals surface area contributed by atoms with Crippen LogP contribution in [-0.2, 0) is 9.53 Å². The number of carbonyl (C=O) groups is 3. The molecule has 2 bridgehead atoms. The molecule has 4 unspecified atom stereocenters. The molecule has 5 rings (SSSR count). The van der Waals surface area contributed by atoms with Crippen molar-refractivity contribution in [2.75, 3.05) is 6.61 Å². The molecule has 0 aromatic heterocycles. The van der Waals surface area contributed by atoms with Crippen molar-refractivity contribution in [1.82, 2.24) is 10.2 Å². The van der Waals surface area contributed by atoms with Gasteiger partial charge in [-0.25, -0.2) is 9.59 Å². The smallest absolute Gasteiger partial charge is 0.407 e. The van der Waals surface area contributed by atoms with Gasteiger partial charge in [0.05, 0.1) is 12.0 Å². The second-order valence-electron chi connectivity index (χ2n) is 9.51. The van der Waals surface area contributed by atoms with Gasteiger partial charge >= 0.3 is 12.2 Å². The number of nitrogens with two attached hydrogens (primary N) is 1. The molecule has 2 heterocycles. The second-order valence-corrected chi connectivity index (χ2v) is 9.51. The molecular weight excluding hydrogens is 434 g/mol. The van der Waals surface area contributed by atoms with E-state index in [4.69, 9.17) is 10.5 Å². The first-order valence-electron chi connectivity index (χ1n) is 11.8. The lowest BCUT2D eigenvalue weighted by Crippen LogP contribution is -2.60. The molecule has 2 saturated heterocycles. The number of rotatable bonds is 5.